The van der Waals surface area contributed by atoms with Crippen LogP contribution in [0.5, 0.6) is 11.5 Å². The van der Waals surface area contributed by atoms with E-state index in [-0.39, 0.29) is 11.7 Å². The largest absolute Gasteiger partial charge is 0.496 e. The number of hydrogen-bond acceptors (Lipinski definition) is 7. The summed E-state index contributed by atoms with van der Waals surface area (Å²) in [6.45, 7) is 0.0947. The Labute approximate surface area is 228 Å². The molecule has 40 heavy (non-hydrogen) atoms. The maximum absolute atomic E-state index is 13.2. The van der Waals surface area contributed by atoms with Crippen molar-refractivity contribution in [2.24, 2.45) is 0 Å². The topological polar surface area (TPSA) is 97.8 Å². The fourth-order valence-corrected chi connectivity index (χ4v) is 5.03. The van der Waals surface area contributed by atoms with Crippen molar-refractivity contribution < 1.29 is 32.2 Å². The second kappa shape index (κ2) is 10.2. The van der Waals surface area contributed by atoms with Gasteiger partial charge in [-0.3, -0.25) is 9.78 Å². The number of rotatable bonds is 6. The van der Waals surface area contributed by atoms with Crippen LogP contribution in [0.15, 0.2) is 59.1 Å². The second-order valence-electron chi connectivity index (χ2n) is 9.87. The molecule has 0 spiro atoms. The van der Waals surface area contributed by atoms with E-state index < -0.39 is 24.9 Å². The number of halogens is 2. The minimum atomic E-state index is -2.84. The van der Waals surface area contributed by atoms with Crippen LogP contribution in [0, 0.1) is 11.3 Å². The zero-order valence-corrected chi connectivity index (χ0v) is 21.7. The quantitative estimate of drug-likeness (QED) is 0.307. The van der Waals surface area contributed by atoms with Gasteiger partial charge in [-0.05, 0) is 42.0 Å². The van der Waals surface area contributed by atoms with E-state index >= 15 is 0 Å². The molecule has 0 bridgehead atoms. The maximum Gasteiger partial charge on any atom is 0.282 e. The molecule has 204 valence electrons. The molecule has 1 amide bonds. The Bertz CT molecular complexity index is 1630. The number of methoxy groups -OCH3 is 1. The van der Waals surface area contributed by atoms with Crippen LogP contribution < -0.4 is 9.47 Å². The van der Waals surface area contributed by atoms with E-state index in [0.717, 1.165) is 28.9 Å². The van der Waals surface area contributed by atoms with Gasteiger partial charge < -0.3 is 23.5 Å². The standard InChI is InChI=1S/C30H25F2N3O5/c1-37-26-13-19(29(36)35-16-30(31,32)17-35)2-4-23(26)27-14-24-28(40-27)22(6-9-34-24)18-3-5-25(20(12-18)15-33)39-21-7-10-38-11-8-21/h2-6,9,12-14,21H,7-8,10-11,16-17H2,1H3. The van der Waals surface area contributed by atoms with Crippen molar-refractivity contribution in [2.75, 3.05) is 33.4 Å². The average molecular weight is 546 g/mol. The fraction of sp³-hybridized carbons (Fsp3) is 0.300. The molecule has 0 N–H and O–H groups in total. The molecule has 2 aromatic carbocycles. The first-order chi connectivity index (χ1) is 19.3. The Hall–Kier alpha value is -4.49. The molecule has 0 unspecified atom stereocenters. The Morgan fingerprint density at radius 1 is 1.07 bits per heavy atom. The molecule has 2 aliphatic heterocycles. The summed E-state index contributed by atoms with van der Waals surface area (Å²) in [5, 5.41) is 9.82. The maximum atomic E-state index is 13.2. The molecule has 4 heterocycles. The van der Waals surface area contributed by atoms with Crippen LogP contribution in [0.25, 0.3) is 33.6 Å². The van der Waals surface area contributed by atoms with Crippen LogP contribution >= 0.6 is 0 Å². The number of carbonyl (C=O) groups excluding carboxylic acids is 1. The molecule has 2 fully saturated rings. The third-order valence-electron chi connectivity index (χ3n) is 7.13. The fourth-order valence-electron chi connectivity index (χ4n) is 5.03. The number of likely N-dealkylation sites (tertiary alicyclic amines) is 1. The summed E-state index contributed by atoms with van der Waals surface area (Å²) in [5.74, 6) is -1.97. The number of furan rings is 1. The number of aromatic nitrogens is 1. The Morgan fingerprint density at radius 3 is 2.60 bits per heavy atom. The highest BCUT2D eigenvalue weighted by atomic mass is 19.3. The molecule has 2 saturated heterocycles. The number of nitriles is 1. The van der Waals surface area contributed by atoms with Gasteiger partial charge in [0.2, 0.25) is 0 Å². The SMILES string of the molecule is COc1cc(C(=O)N2CC(F)(F)C2)ccc1-c1cc2nccc(-c3ccc(OC4CCOCC4)c(C#N)c3)c2o1. The van der Waals surface area contributed by atoms with Crippen molar-refractivity contribution in [3.63, 3.8) is 0 Å². The lowest BCUT2D eigenvalue weighted by Crippen LogP contribution is -2.58. The number of fused-ring (bicyclic) bond motifs is 1. The first kappa shape index (κ1) is 25.8. The van der Waals surface area contributed by atoms with E-state index in [9.17, 15) is 18.8 Å². The normalized spacial score (nSPS) is 16.8. The van der Waals surface area contributed by atoms with Crippen LogP contribution in [0.2, 0.25) is 0 Å². The zero-order valence-electron chi connectivity index (χ0n) is 21.7. The molecule has 10 heteroatoms. The Morgan fingerprint density at radius 2 is 1.88 bits per heavy atom. The smallest absolute Gasteiger partial charge is 0.282 e. The number of benzene rings is 2. The van der Waals surface area contributed by atoms with Crippen LogP contribution in [-0.2, 0) is 4.74 Å². The Balaban J connectivity index is 1.31. The summed E-state index contributed by atoms with van der Waals surface area (Å²) < 4.78 is 49.7. The van der Waals surface area contributed by atoms with E-state index in [0.29, 0.717) is 52.7 Å². The second-order valence-corrected chi connectivity index (χ2v) is 9.87. The molecule has 2 aliphatic rings. The van der Waals surface area contributed by atoms with Gasteiger partial charge in [-0.15, -0.1) is 0 Å². The average Bonchev–Trinajstić information content (AvgIpc) is 3.40. The minimum Gasteiger partial charge on any atom is -0.496 e. The van der Waals surface area contributed by atoms with Crippen LogP contribution in [0.1, 0.15) is 28.8 Å². The number of alkyl halides is 2. The van der Waals surface area contributed by atoms with Crippen molar-refractivity contribution in [1.29, 1.82) is 5.26 Å². The first-order valence-electron chi connectivity index (χ1n) is 12.9. The van der Waals surface area contributed by atoms with E-state index in [4.69, 9.17) is 18.6 Å². The lowest BCUT2D eigenvalue weighted by atomic mass is 10.0. The van der Waals surface area contributed by atoms with Crippen molar-refractivity contribution in [1.82, 2.24) is 9.88 Å². The zero-order chi connectivity index (χ0) is 27.9. The number of carbonyl (C=O) groups is 1. The predicted octanol–water partition coefficient (Wildman–Crippen LogP) is 5.69. The monoisotopic (exact) mass is 545 g/mol. The van der Waals surface area contributed by atoms with Crippen LogP contribution in [0.4, 0.5) is 8.78 Å². The number of nitrogens with zero attached hydrogens (tertiary/aromatic N) is 3. The highest BCUT2D eigenvalue weighted by Crippen LogP contribution is 2.39. The minimum absolute atomic E-state index is 0.00970. The number of hydrogen-bond donors (Lipinski definition) is 0. The lowest BCUT2D eigenvalue weighted by molar-refractivity contribution is -0.113. The van der Waals surface area contributed by atoms with Crippen LogP contribution in [-0.4, -0.2) is 61.2 Å². The number of ether oxygens (including phenoxy) is 3. The third kappa shape index (κ3) is 4.84. The van der Waals surface area contributed by atoms with Gasteiger partial charge >= 0.3 is 0 Å². The summed E-state index contributed by atoms with van der Waals surface area (Å²) in [6, 6.07) is 16.0. The summed E-state index contributed by atoms with van der Waals surface area (Å²) in [6.07, 6.45) is 3.23. The Kier molecular flexibility index (Phi) is 6.60. The summed E-state index contributed by atoms with van der Waals surface area (Å²) in [5.41, 5.74) is 3.87. The van der Waals surface area contributed by atoms with Gasteiger partial charge in [0.15, 0.2) is 5.58 Å². The van der Waals surface area contributed by atoms with Crippen molar-refractivity contribution in [2.45, 2.75) is 24.9 Å². The van der Waals surface area contributed by atoms with Gasteiger partial charge in [0, 0.05) is 36.2 Å². The summed E-state index contributed by atoms with van der Waals surface area (Å²) in [7, 11) is 1.46. The van der Waals surface area contributed by atoms with E-state index in [2.05, 4.69) is 11.1 Å². The van der Waals surface area contributed by atoms with Crippen molar-refractivity contribution in [3.05, 3.63) is 65.9 Å². The highest BCUT2D eigenvalue weighted by Gasteiger charge is 2.46. The summed E-state index contributed by atoms with van der Waals surface area (Å²) >= 11 is 0. The molecule has 4 aromatic rings. The van der Waals surface area contributed by atoms with E-state index in [1.165, 1.54) is 13.2 Å². The molecule has 8 nitrogen and oxygen atoms in total. The molecular weight excluding hydrogens is 520 g/mol. The molecule has 0 aliphatic carbocycles. The third-order valence-corrected chi connectivity index (χ3v) is 7.13. The highest BCUT2D eigenvalue weighted by molar-refractivity contribution is 5.97. The molecule has 2 aromatic heterocycles. The van der Waals surface area contributed by atoms with Crippen LogP contribution in [0.3, 0.4) is 0 Å². The number of amides is 1. The van der Waals surface area contributed by atoms with Gasteiger partial charge in [0.1, 0.15) is 34.9 Å². The molecule has 0 radical (unpaired) electrons. The van der Waals surface area contributed by atoms with Crippen molar-refractivity contribution >= 4 is 17.0 Å². The van der Waals surface area contributed by atoms with Gasteiger partial charge in [-0.2, -0.15) is 5.26 Å². The molecule has 6 rings (SSSR count). The lowest BCUT2D eigenvalue weighted by Gasteiger charge is -2.38. The van der Waals surface area contributed by atoms with Gasteiger partial charge in [-0.25, -0.2) is 8.78 Å². The first-order valence-corrected chi connectivity index (χ1v) is 12.9. The van der Waals surface area contributed by atoms with Gasteiger partial charge in [0.25, 0.3) is 11.8 Å². The number of pyridine rings is 1. The summed E-state index contributed by atoms with van der Waals surface area (Å²) in [4.78, 5) is 18.2. The van der Waals surface area contributed by atoms with Crippen molar-refractivity contribution in [3.8, 4) is 40.0 Å². The van der Waals surface area contributed by atoms with E-state index in [1.807, 2.05) is 12.1 Å². The van der Waals surface area contributed by atoms with E-state index in [1.54, 1.807) is 36.5 Å². The molecular formula is C30H25F2N3O5. The van der Waals surface area contributed by atoms with Gasteiger partial charge in [0.05, 0.1) is 44.5 Å². The predicted molar refractivity (Wildman–Crippen MR) is 141 cm³/mol. The molecule has 0 atom stereocenters. The van der Waals surface area contributed by atoms with Gasteiger partial charge in [-0.1, -0.05) is 6.07 Å². The molecule has 0 saturated carbocycles.